The predicted octanol–water partition coefficient (Wildman–Crippen LogP) is 4.53. The van der Waals surface area contributed by atoms with Gasteiger partial charge in [-0.15, -0.1) is 0 Å². The van der Waals surface area contributed by atoms with E-state index in [1.165, 1.54) is 19.2 Å². The molecule has 10 nitrogen and oxygen atoms in total. The zero-order valence-electron chi connectivity index (χ0n) is 20.4. The summed E-state index contributed by atoms with van der Waals surface area (Å²) in [6.07, 6.45) is 1.65. The van der Waals surface area contributed by atoms with E-state index >= 15 is 0 Å². The van der Waals surface area contributed by atoms with Crippen molar-refractivity contribution in [2.24, 2.45) is 0 Å². The van der Waals surface area contributed by atoms with E-state index in [1.54, 1.807) is 48.5 Å². The molecule has 0 radical (unpaired) electrons. The van der Waals surface area contributed by atoms with Gasteiger partial charge in [-0.25, -0.2) is 18.4 Å². The van der Waals surface area contributed by atoms with Crippen LogP contribution < -0.4 is 25.4 Å². The number of rotatable bonds is 8. The van der Waals surface area contributed by atoms with Gasteiger partial charge in [-0.05, 0) is 61.9 Å². The standard InChI is InChI=1S/C26H25ClN6O4S/c1-37-17-11-12-19(27)23(15-17)32-24-25(31-21-9-3-2-8-20(21)30-24)33-38(35,36)18-7-4-6-16(14-18)29-26(34)22-10-5-13-28-22/h2-4,6-9,11-12,14-15,22,28H,5,10,13H2,1H3,(H,29,34)(H,30,32)(H,31,33)/t22-/m0/s1. The molecule has 1 fully saturated rings. The smallest absolute Gasteiger partial charge is 0.263 e. The van der Waals surface area contributed by atoms with E-state index in [2.05, 4.69) is 30.6 Å². The monoisotopic (exact) mass is 552 g/mol. The van der Waals surface area contributed by atoms with E-state index in [4.69, 9.17) is 16.3 Å². The number of carbonyl (C=O) groups excluding carboxylic acids is 1. The summed E-state index contributed by atoms with van der Waals surface area (Å²) in [5.41, 5.74) is 1.89. The van der Waals surface area contributed by atoms with Crippen LogP contribution in [0.5, 0.6) is 5.75 Å². The van der Waals surface area contributed by atoms with Crippen LogP contribution in [0.2, 0.25) is 5.02 Å². The van der Waals surface area contributed by atoms with Gasteiger partial charge in [0.25, 0.3) is 10.0 Å². The minimum atomic E-state index is -4.11. The molecule has 1 atom stereocenters. The van der Waals surface area contributed by atoms with Crippen LogP contribution in [0.25, 0.3) is 11.0 Å². The van der Waals surface area contributed by atoms with Crippen LogP contribution in [-0.2, 0) is 14.8 Å². The quantitative estimate of drug-likeness (QED) is 0.250. The molecule has 5 rings (SSSR count). The van der Waals surface area contributed by atoms with Gasteiger partial charge in [-0.1, -0.05) is 29.8 Å². The minimum absolute atomic E-state index is 0.0211. The lowest BCUT2D eigenvalue weighted by atomic mass is 10.2. The average molecular weight is 553 g/mol. The molecule has 4 aromatic rings. The summed E-state index contributed by atoms with van der Waals surface area (Å²) in [5.74, 6) is 0.484. The molecule has 38 heavy (non-hydrogen) atoms. The number of aromatic nitrogens is 2. The number of ether oxygens (including phenoxy) is 1. The highest BCUT2D eigenvalue weighted by Crippen LogP contribution is 2.33. The fourth-order valence-electron chi connectivity index (χ4n) is 4.08. The maximum Gasteiger partial charge on any atom is 0.263 e. The average Bonchev–Trinajstić information content (AvgIpc) is 3.46. The number of fused-ring (bicyclic) bond motifs is 1. The highest BCUT2D eigenvalue weighted by Gasteiger charge is 2.23. The molecule has 1 aliphatic rings. The molecule has 1 aliphatic heterocycles. The van der Waals surface area contributed by atoms with Crippen molar-refractivity contribution in [1.82, 2.24) is 15.3 Å². The van der Waals surface area contributed by atoms with Crippen molar-refractivity contribution in [2.45, 2.75) is 23.8 Å². The molecule has 0 unspecified atom stereocenters. The fourth-order valence-corrected chi connectivity index (χ4v) is 5.30. The van der Waals surface area contributed by atoms with Crippen molar-refractivity contribution in [3.63, 3.8) is 0 Å². The van der Waals surface area contributed by atoms with E-state index in [9.17, 15) is 13.2 Å². The number of sulfonamides is 1. The number of hydrogen-bond acceptors (Lipinski definition) is 8. The Kier molecular flexibility index (Phi) is 7.32. The Balaban J connectivity index is 1.47. The first kappa shape index (κ1) is 25.7. The van der Waals surface area contributed by atoms with Crippen molar-refractivity contribution in [3.05, 3.63) is 71.8 Å². The topological polar surface area (TPSA) is 134 Å². The normalized spacial score (nSPS) is 15.3. The SMILES string of the molecule is COc1ccc(Cl)c(Nc2nc3ccccc3nc2NS(=O)(=O)c2cccc(NC(=O)[C@@H]3CCCN3)c2)c1. The van der Waals surface area contributed by atoms with Gasteiger partial charge >= 0.3 is 0 Å². The number of para-hydroxylation sites is 2. The van der Waals surface area contributed by atoms with Gasteiger partial charge in [0.1, 0.15) is 5.75 Å². The second-order valence-corrected chi connectivity index (χ2v) is 10.7. The van der Waals surface area contributed by atoms with Gasteiger partial charge in [0.05, 0.1) is 39.8 Å². The summed E-state index contributed by atoms with van der Waals surface area (Å²) in [7, 11) is -2.58. The molecule has 1 saturated heterocycles. The van der Waals surface area contributed by atoms with Gasteiger partial charge in [0.15, 0.2) is 11.6 Å². The summed E-state index contributed by atoms with van der Waals surface area (Å²) in [6.45, 7) is 0.778. The Bertz CT molecular complexity index is 1610. The minimum Gasteiger partial charge on any atom is -0.497 e. The molecular weight excluding hydrogens is 528 g/mol. The molecule has 0 spiro atoms. The maximum absolute atomic E-state index is 13.4. The third-order valence-corrected chi connectivity index (χ3v) is 7.68. The highest BCUT2D eigenvalue weighted by molar-refractivity contribution is 7.92. The predicted molar refractivity (Wildman–Crippen MR) is 148 cm³/mol. The number of methoxy groups -OCH3 is 1. The van der Waals surface area contributed by atoms with Crippen LogP contribution in [0.1, 0.15) is 12.8 Å². The van der Waals surface area contributed by atoms with E-state index in [1.807, 2.05) is 6.07 Å². The molecule has 3 aromatic carbocycles. The Morgan fingerprint density at radius 2 is 1.79 bits per heavy atom. The largest absolute Gasteiger partial charge is 0.497 e. The Morgan fingerprint density at radius 1 is 1.03 bits per heavy atom. The number of halogens is 1. The molecule has 0 saturated carbocycles. The third kappa shape index (κ3) is 5.64. The van der Waals surface area contributed by atoms with Crippen molar-refractivity contribution in [1.29, 1.82) is 0 Å². The van der Waals surface area contributed by atoms with Gasteiger partial charge in [-0.2, -0.15) is 0 Å². The summed E-state index contributed by atoms with van der Waals surface area (Å²) in [5, 5.41) is 9.37. The Morgan fingerprint density at radius 3 is 2.50 bits per heavy atom. The number of amides is 1. The number of anilines is 4. The van der Waals surface area contributed by atoms with Crippen molar-refractivity contribution < 1.29 is 17.9 Å². The van der Waals surface area contributed by atoms with Crippen LogP contribution >= 0.6 is 11.6 Å². The lowest BCUT2D eigenvalue weighted by Crippen LogP contribution is -2.35. The number of carbonyl (C=O) groups is 1. The zero-order valence-corrected chi connectivity index (χ0v) is 21.9. The van der Waals surface area contributed by atoms with Gasteiger partial charge in [-0.3, -0.25) is 9.52 Å². The van der Waals surface area contributed by atoms with Gasteiger partial charge < -0.3 is 20.7 Å². The molecule has 0 aliphatic carbocycles. The molecule has 4 N–H and O–H groups in total. The van der Waals surface area contributed by atoms with Crippen LogP contribution in [0.4, 0.5) is 23.0 Å². The molecular formula is C26H25ClN6O4S. The molecule has 12 heteroatoms. The molecule has 1 aromatic heterocycles. The van der Waals surface area contributed by atoms with Crippen LogP contribution in [0, 0.1) is 0 Å². The molecule has 2 heterocycles. The number of hydrogen-bond donors (Lipinski definition) is 4. The highest BCUT2D eigenvalue weighted by atomic mass is 35.5. The Hall–Kier alpha value is -3.93. The zero-order chi connectivity index (χ0) is 26.7. The van der Waals surface area contributed by atoms with Gasteiger partial charge in [0.2, 0.25) is 5.91 Å². The lowest BCUT2D eigenvalue weighted by molar-refractivity contribution is -0.117. The second kappa shape index (κ2) is 10.8. The number of benzene rings is 3. The van der Waals surface area contributed by atoms with Crippen LogP contribution in [-0.4, -0.2) is 44.0 Å². The maximum atomic E-state index is 13.4. The van der Waals surface area contributed by atoms with Crippen molar-refractivity contribution in [3.8, 4) is 5.75 Å². The summed E-state index contributed by atoms with van der Waals surface area (Å²) in [6, 6.07) is 17.9. The summed E-state index contributed by atoms with van der Waals surface area (Å²) in [4.78, 5) is 21.5. The van der Waals surface area contributed by atoms with E-state index < -0.39 is 10.0 Å². The number of nitrogens with one attached hydrogen (secondary N) is 4. The molecule has 1 amide bonds. The summed E-state index contributed by atoms with van der Waals surface area (Å²) < 4.78 is 34.7. The molecule has 0 bridgehead atoms. The second-order valence-electron chi connectivity index (χ2n) is 8.65. The first-order valence-electron chi connectivity index (χ1n) is 11.9. The van der Waals surface area contributed by atoms with Crippen LogP contribution in [0.15, 0.2) is 71.6 Å². The van der Waals surface area contributed by atoms with E-state index in [0.29, 0.717) is 33.2 Å². The Labute approximate surface area is 224 Å². The fraction of sp³-hybridized carbons (Fsp3) is 0.192. The first-order chi connectivity index (χ1) is 18.3. The van der Waals surface area contributed by atoms with Crippen LogP contribution in [0.3, 0.4) is 0 Å². The van der Waals surface area contributed by atoms with Gasteiger partial charge in [0, 0.05) is 11.8 Å². The third-order valence-electron chi connectivity index (χ3n) is 6.02. The van der Waals surface area contributed by atoms with E-state index in [-0.39, 0.29) is 28.5 Å². The summed E-state index contributed by atoms with van der Waals surface area (Å²) >= 11 is 6.36. The number of nitrogens with zero attached hydrogens (tertiary/aromatic N) is 2. The lowest BCUT2D eigenvalue weighted by Gasteiger charge is -2.16. The molecule has 196 valence electrons. The van der Waals surface area contributed by atoms with Crippen molar-refractivity contribution in [2.75, 3.05) is 29.0 Å². The van der Waals surface area contributed by atoms with Crippen molar-refractivity contribution >= 4 is 61.6 Å². The first-order valence-corrected chi connectivity index (χ1v) is 13.7. The van der Waals surface area contributed by atoms with E-state index in [0.717, 1.165) is 19.4 Å².